The number of aromatic nitrogens is 2. The van der Waals surface area contributed by atoms with Gasteiger partial charge in [-0.3, -0.25) is 14.6 Å². The summed E-state index contributed by atoms with van der Waals surface area (Å²) in [5.41, 5.74) is 9.07. The molecule has 0 saturated carbocycles. The molecule has 1 aromatic heterocycles. The lowest BCUT2D eigenvalue weighted by Gasteiger charge is -2.09. The fraction of sp³-hybridized carbons (Fsp3) is 0.0286. The predicted molar refractivity (Wildman–Crippen MR) is 167 cm³/mol. The second-order valence-corrected chi connectivity index (χ2v) is 10.1. The van der Waals surface area contributed by atoms with Gasteiger partial charge in [0, 0.05) is 34.5 Å². The number of hydrogen-bond acceptors (Lipinski definition) is 4. The average Bonchev–Trinajstić information content (AvgIpc) is 3.66. The van der Waals surface area contributed by atoms with Gasteiger partial charge in [0.1, 0.15) is 5.82 Å². The minimum Gasteiger partial charge on any atom is -0.338 e. The Kier molecular flexibility index (Phi) is 6.37. The molecule has 6 aromatic rings. The van der Waals surface area contributed by atoms with Crippen molar-refractivity contribution in [1.82, 2.24) is 9.97 Å². The number of H-pyrrole nitrogens is 1. The van der Waals surface area contributed by atoms with Crippen LogP contribution in [0.3, 0.4) is 0 Å². The topological polar surface area (TPSA) is 99.2 Å². The Morgan fingerprint density at radius 2 is 1.26 bits per heavy atom. The highest BCUT2D eigenvalue weighted by molar-refractivity contribution is 6.09. The second kappa shape index (κ2) is 10.6. The first kappa shape index (κ1) is 25.2. The minimum absolute atomic E-state index is 0.255. The maximum absolute atomic E-state index is 13.0. The summed E-state index contributed by atoms with van der Waals surface area (Å²) in [5.74, 6) is 0.207. The molecular formula is C35H25N5O2. The zero-order chi connectivity index (χ0) is 28.5. The molecule has 0 radical (unpaired) electrons. The molecule has 3 N–H and O–H groups in total. The summed E-state index contributed by atoms with van der Waals surface area (Å²) in [6.07, 6.45) is 0.765. The molecule has 0 saturated heterocycles. The van der Waals surface area contributed by atoms with E-state index in [4.69, 9.17) is 4.99 Å². The van der Waals surface area contributed by atoms with E-state index in [1.165, 1.54) is 5.56 Å². The molecule has 7 heteroatoms. The van der Waals surface area contributed by atoms with Crippen molar-refractivity contribution in [3.05, 3.63) is 144 Å². The largest absolute Gasteiger partial charge is 0.338 e. The quantitative estimate of drug-likeness (QED) is 0.202. The fourth-order valence-electron chi connectivity index (χ4n) is 5.09. The molecular weight excluding hydrogens is 522 g/mol. The van der Waals surface area contributed by atoms with Gasteiger partial charge in [-0.25, -0.2) is 4.98 Å². The van der Waals surface area contributed by atoms with E-state index in [1.54, 1.807) is 24.3 Å². The molecule has 0 bridgehead atoms. The van der Waals surface area contributed by atoms with Crippen LogP contribution in [0.25, 0.3) is 22.4 Å². The number of anilines is 2. The van der Waals surface area contributed by atoms with Crippen LogP contribution in [-0.4, -0.2) is 27.5 Å². The van der Waals surface area contributed by atoms with Gasteiger partial charge in [-0.15, -0.1) is 0 Å². The molecule has 0 unspecified atom stereocenters. The highest BCUT2D eigenvalue weighted by Gasteiger charge is 2.16. The summed E-state index contributed by atoms with van der Waals surface area (Å²) in [4.78, 5) is 38.7. The molecule has 1 aliphatic rings. The number of carbonyl (C=O) groups excluding carboxylic acids is 2. The number of hydrogen-bond donors (Lipinski definition) is 3. The number of rotatable bonds is 6. The number of amides is 2. The van der Waals surface area contributed by atoms with E-state index < -0.39 is 0 Å². The number of fused-ring (bicyclic) bond motifs is 2. The summed E-state index contributed by atoms with van der Waals surface area (Å²) >= 11 is 0. The van der Waals surface area contributed by atoms with E-state index >= 15 is 0 Å². The molecule has 42 heavy (non-hydrogen) atoms. The van der Waals surface area contributed by atoms with Crippen molar-refractivity contribution in [2.75, 3.05) is 10.6 Å². The van der Waals surface area contributed by atoms with Crippen LogP contribution in [0.1, 0.15) is 31.8 Å². The summed E-state index contributed by atoms with van der Waals surface area (Å²) < 4.78 is 0. The number of para-hydroxylation sites is 3. The van der Waals surface area contributed by atoms with Crippen LogP contribution < -0.4 is 10.6 Å². The van der Waals surface area contributed by atoms with E-state index in [9.17, 15) is 9.59 Å². The zero-order valence-electron chi connectivity index (χ0n) is 22.5. The van der Waals surface area contributed by atoms with E-state index in [2.05, 4.69) is 26.7 Å². The number of nitrogens with one attached hydrogen (secondary N) is 3. The van der Waals surface area contributed by atoms with Gasteiger partial charge in [0.25, 0.3) is 11.8 Å². The van der Waals surface area contributed by atoms with Crippen LogP contribution in [0.2, 0.25) is 0 Å². The van der Waals surface area contributed by atoms with Gasteiger partial charge in [0.05, 0.1) is 22.4 Å². The summed E-state index contributed by atoms with van der Waals surface area (Å²) in [5, 5.41) is 5.90. The molecule has 0 aliphatic carbocycles. The highest BCUT2D eigenvalue weighted by Crippen LogP contribution is 2.29. The molecule has 202 valence electrons. The molecule has 1 aliphatic heterocycles. The molecule has 5 aromatic carbocycles. The van der Waals surface area contributed by atoms with Crippen LogP contribution >= 0.6 is 0 Å². The number of nitrogens with zero attached hydrogens (tertiary/aromatic N) is 2. The first-order chi connectivity index (χ1) is 20.6. The molecule has 0 spiro atoms. The number of aromatic amines is 1. The van der Waals surface area contributed by atoms with Crippen LogP contribution in [0.5, 0.6) is 0 Å². The SMILES string of the molecule is O=C(Nc1cccc(C2=Nc3ccccc3C2)c1)c1ccc(C(=O)Nc2cccc(-c3nc4ccccc4[nH]3)c2)cc1. The van der Waals surface area contributed by atoms with Gasteiger partial charge in [-0.05, 0) is 77.9 Å². The number of benzene rings is 5. The van der Waals surface area contributed by atoms with Crippen LogP contribution in [0.4, 0.5) is 17.1 Å². The highest BCUT2D eigenvalue weighted by atomic mass is 16.2. The van der Waals surface area contributed by atoms with Crippen molar-refractivity contribution in [3.63, 3.8) is 0 Å². The Balaban J connectivity index is 1.01. The van der Waals surface area contributed by atoms with E-state index in [1.807, 2.05) is 91.0 Å². The first-order valence-corrected chi connectivity index (χ1v) is 13.6. The molecule has 0 fully saturated rings. The molecule has 7 rings (SSSR count). The zero-order valence-corrected chi connectivity index (χ0v) is 22.5. The lowest BCUT2D eigenvalue weighted by atomic mass is 10.0. The molecule has 2 heterocycles. The Morgan fingerprint density at radius 3 is 1.95 bits per heavy atom. The van der Waals surface area contributed by atoms with Crippen molar-refractivity contribution < 1.29 is 9.59 Å². The Labute approximate surface area is 242 Å². The third-order valence-electron chi connectivity index (χ3n) is 7.25. The molecule has 0 atom stereocenters. The number of imidazole rings is 1. The van der Waals surface area contributed by atoms with Crippen molar-refractivity contribution in [1.29, 1.82) is 0 Å². The minimum atomic E-state index is -0.269. The molecule has 7 nitrogen and oxygen atoms in total. The third-order valence-corrected chi connectivity index (χ3v) is 7.25. The average molecular weight is 548 g/mol. The number of carbonyl (C=O) groups is 2. The molecule has 2 amide bonds. The second-order valence-electron chi connectivity index (χ2n) is 10.1. The van der Waals surface area contributed by atoms with E-state index in [0.29, 0.717) is 22.5 Å². The normalized spacial score (nSPS) is 12.0. The van der Waals surface area contributed by atoms with Gasteiger partial charge in [-0.2, -0.15) is 0 Å². The van der Waals surface area contributed by atoms with E-state index in [0.717, 1.165) is 45.8 Å². The summed E-state index contributed by atoms with van der Waals surface area (Å²) in [7, 11) is 0. The van der Waals surface area contributed by atoms with Crippen molar-refractivity contribution in [3.8, 4) is 11.4 Å². The third kappa shape index (κ3) is 5.07. The maximum Gasteiger partial charge on any atom is 0.255 e. The number of aliphatic imine (C=N–C) groups is 1. The van der Waals surface area contributed by atoms with Gasteiger partial charge >= 0.3 is 0 Å². The van der Waals surface area contributed by atoms with Crippen LogP contribution in [0, 0.1) is 0 Å². The van der Waals surface area contributed by atoms with Crippen LogP contribution in [0.15, 0.2) is 126 Å². The lowest BCUT2D eigenvalue weighted by molar-refractivity contribution is 0.101. The van der Waals surface area contributed by atoms with Gasteiger partial charge in [-0.1, -0.05) is 54.6 Å². The van der Waals surface area contributed by atoms with Gasteiger partial charge in [0.15, 0.2) is 0 Å². The standard InChI is InChI=1S/C35H25N5O2/c41-34(36-27-10-5-8-24(19-27)32-21-25-7-1-2-12-29(25)38-32)22-15-17-23(18-16-22)35(42)37-28-11-6-9-26(20-28)33-39-30-13-3-4-14-31(30)40-33/h1-20H,21H2,(H,36,41)(H,37,42)(H,39,40). The Bertz CT molecular complexity index is 1970. The fourth-order valence-corrected chi connectivity index (χ4v) is 5.09. The van der Waals surface area contributed by atoms with Crippen molar-refractivity contribution >= 4 is 45.6 Å². The van der Waals surface area contributed by atoms with Crippen molar-refractivity contribution in [2.45, 2.75) is 6.42 Å². The summed E-state index contributed by atoms with van der Waals surface area (Å²) in [6, 6.07) is 37.7. The smallest absolute Gasteiger partial charge is 0.255 e. The monoisotopic (exact) mass is 547 g/mol. The predicted octanol–water partition coefficient (Wildman–Crippen LogP) is 7.41. The Hall–Kier alpha value is -5.82. The van der Waals surface area contributed by atoms with E-state index in [-0.39, 0.29) is 11.8 Å². The van der Waals surface area contributed by atoms with Gasteiger partial charge in [0.2, 0.25) is 0 Å². The summed E-state index contributed by atoms with van der Waals surface area (Å²) in [6.45, 7) is 0. The lowest BCUT2D eigenvalue weighted by Crippen LogP contribution is -2.14. The van der Waals surface area contributed by atoms with Gasteiger partial charge < -0.3 is 15.6 Å². The maximum atomic E-state index is 13.0. The van der Waals surface area contributed by atoms with Crippen molar-refractivity contribution in [2.24, 2.45) is 4.99 Å². The Morgan fingerprint density at radius 1 is 0.643 bits per heavy atom. The van der Waals surface area contributed by atoms with Crippen LogP contribution in [-0.2, 0) is 6.42 Å². The first-order valence-electron chi connectivity index (χ1n) is 13.6.